The van der Waals surface area contributed by atoms with E-state index in [-0.39, 0.29) is 38.2 Å². The molecule has 4 heteroatoms. The van der Waals surface area contributed by atoms with Crippen molar-refractivity contribution in [2.24, 2.45) is 11.8 Å². The summed E-state index contributed by atoms with van der Waals surface area (Å²) in [6.45, 7) is 2.10. The smallest absolute Gasteiger partial charge is 0.0595 e. The van der Waals surface area contributed by atoms with Gasteiger partial charge in [0.1, 0.15) is 0 Å². The number of hydrogen-bond acceptors (Lipinski definition) is 3. The van der Waals surface area contributed by atoms with Gasteiger partial charge in [-0.25, -0.2) is 0 Å². The van der Waals surface area contributed by atoms with Crippen LogP contribution in [0.4, 0.5) is 0 Å². The maximum absolute atomic E-state index is 9.41. The Hall–Kier alpha value is -1.58. The Bertz CT molecular complexity index is 901. The molecule has 1 heterocycles. The Morgan fingerprint density at radius 1 is 0.964 bits per heavy atom. The molecule has 1 radical (unpaired) electrons. The van der Waals surface area contributed by atoms with E-state index in [1.807, 2.05) is 36.5 Å². The van der Waals surface area contributed by atoms with Crippen molar-refractivity contribution in [3.05, 3.63) is 66.4 Å². The van der Waals surface area contributed by atoms with Crippen molar-refractivity contribution >= 4 is 10.8 Å². The van der Waals surface area contributed by atoms with Crippen LogP contribution in [0, 0.1) is 24.8 Å². The minimum absolute atomic E-state index is 0. The van der Waals surface area contributed by atoms with Gasteiger partial charge in [0.25, 0.3) is 0 Å². The van der Waals surface area contributed by atoms with Crippen LogP contribution in [0.5, 0.6) is 0 Å². The van der Waals surface area contributed by atoms with Crippen LogP contribution in [0.25, 0.3) is 22.0 Å². The molecule has 2 saturated carbocycles. The standard InChI is InChI=1S/C16H12N.C8H14O2.Ir/c1-12-7-8-13-9-10-17-16(15(13)11-12)14-5-3-2-4-6-14;9-6-3-1-5-2-4-7(10)8(5)6;/h2-5,7-11H,1H3;5-10H,1-4H2;/q-1;;. The first kappa shape index (κ1) is 21.1. The molecule has 2 fully saturated rings. The van der Waals surface area contributed by atoms with Gasteiger partial charge in [0.2, 0.25) is 0 Å². The molecular formula is C24H26IrNO2-. The summed E-state index contributed by atoms with van der Waals surface area (Å²) in [5, 5.41) is 21.2. The molecule has 2 atom stereocenters. The van der Waals surface area contributed by atoms with Gasteiger partial charge >= 0.3 is 0 Å². The van der Waals surface area contributed by atoms with Crippen LogP contribution in [-0.4, -0.2) is 27.4 Å². The summed E-state index contributed by atoms with van der Waals surface area (Å²) in [5.41, 5.74) is 3.30. The molecule has 2 aliphatic carbocycles. The zero-order valence-corrected chi connectivity index (χ0v) is 18.4. The van der Waals surface area contributed by atoms with Crippen LogP contribution < -0.4 is 0 Å². The van der Waals surface area contributed by atoms with Gasteiger partial charge in [-0.1, -0.05) is 23.8 Å². The van der Waals surface area contributed by atoms with Crippen LogP contribution in [0.1, 0.15) is 31.2 Å². The molecule has 2 aliphatic rings. The topological polar surface area (TPSA) is 53.4 Å². The summed E-state index contributed by atoms with van der Waals surface area (Å²) >= 11 is 0. The van der Waals surface area contributed by atoms with Crippen molar-refractivity contribution in [1.82, 2.24) is 4.98 Å². The molecule has 0 amide bonds. The number of rotatable bonds is 1. The van der Waals surface area contributed by atoms with Gasteiger partial charge in [0, 0.05) is 32.2 Å². The molecule has 2 aromatic carbocycles. The zero-order valence-electron chi connectivity index (χ0n) is 16.0. The number of nitrogens with zero attached hydrogens (tertiary/aromatic N) is 1. The third-order valence-corrected chi connectivity index (χ3v) is 5.99. The van der Waals surface area contributed by atoms with Crippen LogP contribution in [-0.2, 0) is 20.1 Å². The van der Waals surface area contributed by atoms with Crippen molar-refractivity contribution in [3.8, 4) is 11.3 Å². The second-order valence-electron chi connectivity index (χ2n) is 7.79. The summed E-state index contributed by atoms with van der Waals surface area (Å²) in [7, 11) is 0. The number of aromatic nitrogens is 1. The minimum Gasteiger partial charge on any atom is -0.393 e. The number of aliphatic hydroxyl groups excluding tert-OH is 2. The number of benzene rings is 2. The fourth-order valence-electron chi connectivity index (χ4n) is 4.61. The molecular weight excluding hydrogens is 526 g/mol. The molecule has 28 heavy (non-hydrogen) atoms. The van der Waals surface area contributed by atoms with Crippen molar-refractivity contribution in [2.45, 2.75) is 44.8 Å². The predicted octanol–water partition coefficient (Wildman–Crippen LogP) is 4.54. The Morgan fingerprint density at radius 3 is 2.36 bits per heavy atom. The van der Waals surface area contributed by atoms with Crippen molar-refractivity contribution in [1.29, 1.82) is 0 Å². The Kier molecular flexibility index (Phi) is 7.00. The van der Waals surface area contributed by atoms with Gasteiger partial charge in [-0.05, 0) is 61.1 Å². The van der Waals surface area contributed by atoms with E-state index in [0.717, 1.165) is 36.9 Å². The molecule has 2 unspecified atom stereocenters. The summed E-state index contributed by atoms with van der Waals surface area (Å²) in [4.78, 5) is 4.49. The number of hydrogen-bond donors (Lipinski definition) is 2. The maximum Gasteiger partial charge on any atom is 0.0595 e. The summed E-state index contributed by atoms with van der Waals surface area (Å²) < 4.78 is 0. The van der Waals surface area contributed by atoms with E-state index in [9.17, 15) is 10.2 Å². The van der Waals surface area contributed by atoms with Gasteiger partial charge in [-0.3, -0.25) is 0 Å². The molecule has 149 valence electrons. The Morgan fingerprint density at radius 2 is 1.71 bits per heavy atom. The molecule has 3 nitrogen and oxygen atoms in total. The first-order valence-electron chi connectivity index (χ1n) is 9.82. The van der Waals surface area contributed by atoms with E-state index < -0.39 is 0 Å². The molecule has 0 aliphatic heterocycles. The number of aryl methyl sites for hydroxylation is 1. The van der Waals surface area contributed by atoms with Crippen LogP contribution in [0.3, 0.4) is 0 Å². The number of pyridine rings is 1. The molecule has 3 aromatic rings. The second kappa shape index (κ2) is 9.28. The third-order valence-electron chi connectivity index (χ3n) is 5.99. The fraction of sp³-hybridized carbons (Fsp3) is 0.375. The Labute approximate surface area is 180 Å². The van der Waals surface area contributed by atoms with Crippen molar-refractivity contribution in [2.75, 3.05) is 0 Å². The van der Waals surface area contributed by atoms with E-state index in [2.05, 4.69) is 36.2 Å². The van der Waals surface area contributed by atoms with Crippen molar-refractivity contribution in [3.63, 3.8) is 0 Å². The van der Waals surface area contributed by atoms with Gasteiger partial charge in [-0.15, -0.1) is 35.9 Å². The van der Waals surface area contributed by atoms with E-state index in [4.69, 9.17) is 0 Å². The summed E-state index contributed by atoms with van der Waals surface area (Å²) in [5.74, 6) is 0.852. The monoisotopic (exact) mass is 553 g/mol. The molecule has 0 spiro atoms. The molecule has 0 bridgehead atoms. The molecule has 0 saturated heterocycles. The van der Waals surface area contributed by atoms with Crippen LogP contribution in [0.15, 0.2) is 54.7 Å². The van der Waals surface area contributed by atoms with Gasteiger partial charge in [-0.2, -0.15) is 0 Å². The third kappa shape index (κ3) is 4.36. The fourth-order valence-corrected chi connectivity index (χ4v) is 4.61. The molecule has 1 aromatic heterocycles. The van der Waals surface area contributed by atoms with Gasteiger partial charge in [0.05, 0.1) is 12.2 Å². The quantitative estimate of drug-likeness (QED) is 0.436. The van der Waals surface area contributed by atoms with E-state index in [0.29, 0.717) is 5.92 Å². The van der Waals surface area contributed by atoms with Crippen LogP contribution in [0.2, 0.25) is 0 Å². The first-order chi connectivity index (χ1) is 13.1. The second-order valence-corrected chi connectivity index (χ2v) is 7.79. The minimum atomic E-state index is -0.206. The van der Waals surface area contributed by atoms with Gasteiger partial charge in [0.15, 0.2) is 0 Å². The SMILES string of the molecule is Cc1ccc2ccnc(-c3[c-]cccc3)c2c1.OC1CCC2CCC(O)C12.[Ir]. The number of fused-ring (bicyclic) bond motifs is 2. The van der Waals surface area contributed by atoms with E-state index in [1.54, 1.807) is 0 Å². The Balaban J connectivity index is 0.000000175. The normalized spacial score (nSPS) is 25.5. The van der Waals surface area contributed by atoms with E-state index >= 15 is 0 Å². The average molecular weight is 553 g/mol. The molecule has 2 N–H and O–H groups in total. The van der Waals surface area contributed by atoms with Crippen LogP contribution >= 0.6 is 0 Å². The molecule has 5 rings (SSSR count). The predicted molar refractivity (Wildman–Crippen MR) is 108 cm³/mol. The average Bonchev–Trinajstić information content (AvgIpc) is 3.25. The van der Waals surface area contributed by atoms with E-state index in [1.165, 1.54) is 16.3 Å². The van der Waals surface area contributed by atoms with Crippen molar-refractivity contribution < 1.29 is 30.3 Å². The first-order valence-corrected chi connectivity index (χ1v) is 9.82. The van der Waals surface area contributed by atoms with Gasteiger partial charge < -0.3 is 15.2 Å². The largest absolute Gasteiger partial charge is 0.393 e. The maximum atomic E-state index is 9.41. The zero-order chi connectivity index (χ0) is 18.8. The number of aliphatic hydroxyl groups is 2. The summed E-state index contributed by atoms with van der Waals surface area (Å²) in [6.07, 6.45) is 5.52. The summed E-state index contributed by atoms with van der Waals surface area (Å²) in [6, 6.07) is 19.7.